The molecule has 0 bridgehead atoms. The number of benzene rings is 8. The van der Waals surface area contributed by atoms with E-state index in [-0.39, 0.29) is 8.80 Å². The van der Waals surface area contributed by atoms with E-state index in [1.54, 1.807) is 0 Å². The summed E-state index contributed by atoms with van der Waals surface area (Å²) in [5, 5.41) is 5.24. The molecule has 1 atom stereocenters. The summed E-state index contributed by atoms with van der Waals surface area (Å²) in [6, 6.07) is 80.2. The molecule has 54 heavy (non-hydrogen) atoms. The summed E-state index contributed by atoms with van der Waals surface area (Å²) >= 11 is 0. The van der Waals surface area contributed by atoms with Gasteiger partial charge in [-0.25, -0.2) is 0 Å². The zero-order valence-electron chi connectivity index (χ0n) is 31.3. The zero-order chi connectivity index (χ0) is 37.4. The summed E-state index contributed by atoms with van der Waals surface area (Å²) in [4.78, 5) is 0. The molecule has 8 aromatic carbocycles. The Morgan fingerprint density at radius 1 is 0.278 bits per heavy atom. The SMILES string of the molecule is C[Si](C)C.PP(c1ccccc1-c1ccccc1)(c1ccccc1-c1ccccc1)(c1ccccc1-c1ccccc1)c1ccccc1-c1ccccc1. The molecule has 1 radical (unpaired) electrons. The van der Waals surface area contributed by atoms with E-state index in [0.29, 0.717) is 0 Å². The van der Waals surface area contributed by atoms with Gasteiger partial charge in [-0.3, -0.25) is 0 Å². The summed E-state index contributed by atoms with van der Waals surface area (Å²) < 4.78 is 0. The van der Waals surface area contributed by atoms with Gasteiger partial charge < -0.3 is 0 Å². The molecule has 3 heteroatoms. The molecular formula is C51H47P2Si. The summed E-state index contributed by atoms with van der Waals surface area (Å²) in [6.45, 7) is 6.81. The van der Waals surface area contributed by atoms with Crippen LogP contribution in [-0.4, -0.2) is 8.80 Å². The first-order valence-corrected chi connectivity index (χ1v) is 25.5. The molecule has 0 spiro atoms. The first-order valence-electron chi connectivity index (χ1n) is 18.6. The number of hydrogen-bond acceptors (Lipinski definition) is 0. The molecular weight excluding hydrogens is 703 g/mol. The van der Waals surface area contributed by atoms with Crippen LogP contribution in [0.15, 0.2) is 218 Å². The molecule has 0 fully saturated rings. The molecule has 0 aliphatic heterocycles. The van der Waals surface area contributed by atoms with Crippen LogP contribution in [0.5, 0.6) is 0 Å². The Labute approximate surface area is 326 Å². The molecule has 1 unspecified atom stereocenters. The Balaban J connectivity index is 0.00000107. The second-order valence-electron chi connectivity index (χ2n) is 14.2. The Morgan fingerprint density at radius 3 is 0.648 bits per heavy atom. The van der Waals surface area contributed by atoms with Crippen molar-refractivity contribution in [2.45, 2.75) is 19.6 Å². The molecule has 0 nitrogen and oxygen atoms in total. The monoisotopic (exact) mass is 749 g/mol. The predicted octanol–water partition coefficient (Wildman–Crippen LogP) is 12.7. The normalized spacial score (nSPS) is 11.9. The van der Waals surface area contributed by atoms with Crippen molar-refractivity contribution in [2.24, 2.45) is 0 Å². The van der Waals surface area contributed by atoms with Gasteiger partial charge in [-0.15, -0.1) is 0 Å². The Kier molecular flexibility index (Phi) is 11.3. The quantitative estimate of drug-likeness (QED) is 0.107. The minimum atomic E-state index is -3.85. The standard InChI is InChI=1S/C48H38P2.C3H9Si/c49-50(45-33-17-13-29-41(45)37-21-5-1-6-22-37,46-34-18-14-30-42(46)38-23-7-2-8-24-38,47-35-19-15-31-43(47)39-25-9-3-10-26-39)48-36-20-16-32-44(48)40-27-11-4-12-28-40;1-4(2)3/h1-36H,49H2;1-3H3. The summed E-state index contributed by atoms with van der Waals surface area (Å²) in [5.41, 5.74) is 9.72. The van der Waals surface area contributed by atoms with Gasteiger partial charge in [0.1, 0.15) is 0 Å². The molecule has 0 saturated carbocycles. The minimum absolute atomic E-state index is 0.120. The fraction of sp³-hybridized carbons (Fsp3) is 0.0588. The van der Waals surface area contributed by atoms with Gasteiger partial charge in [-0.2, -0.15) is 0 Å². The van der Waals surface area contributed by atoms with Crippen LogP contribution in [0.3, 0.4) is 0 Å². The third-order valence-electron chi connectivity index (χ3n) is 9.96. The van der Waals surface area contributed by atoms with Crippen LogP contribution >= 0.6 is 15.2 Å². The van der Waals surface area contributed by atoms with E-state index in [1.807, 2.05) is 0 Å². The van der Waals surface area contributed by atoms with Crippen LogP contribution < -0.4 is 21.2 Å². The molecule has 0 amide bonds. The van der Waals surface area contributed by atoms with Crippen LogP contribution in [0.1, 0.15) is 0 Å². The van der Waals surface area contributed by atoms with E-state index in [9.17, 15) is 0 Å². The summed E-state index contributed by atoms with van der Waals surface area (Å²) in [7, 11) is 3.82. The topological polar surface area (TPSA) is 0 Å². The fourth-order valence-electron chi connectivity index (χ4n) is 7.74. The van der Waals surface area contributed by atoms with Gasteiger partial charge in [0.25, 0.3) is 0 Å². The van der Waals surface area contributed by atoms with Crippen molar-refractivity contribution < 1.29 is 0 Å². The fourth-order valence-corrected chi connectivity index (χ4v) is 16.4. The van der Waals surface area contributed by atoms with E-state index in [2.05, 4.69) is 247 Å². The Bertz CT molecular complexity index is 2100. The second kappa shape index (κ2) is 16.5. The molecule has 0 aromatic heterocycles. The van der Waals surface area contributed by atoms with Crippen molar-refractivity contribution in [3.8, 4) is 44.5 Å². The number of hydrogen-bond donors (Lipinski definition) is 0. The zero-order valence-corrected chi connectivity index (χ0v) is 34.4. The van der Waals surface area contributed by atoms with Crippen molar-refractivity contribution in [1.82, 2.24) is 0 Å². The second-order valence-corrected chi connectivity index (χ2v) is 24.6. The van der Waals surface area contributed by atoms with Crippen LogP contribution in [0.2, 0.25) is 19.6 Å². The Morgan fingerprint density at radius 2 is 0.444 bits per heavy atom. The van der Waals surface area contributed by atoms with Crippen molar-refractivity contribution in [1.29, 1.82) is 0 Å². The van der Waals surface area contributed by atoms with Gasteiger partial charge in [0, 0.05) is 8.80 Å². The van der Waals surface area contributed by atoms with Crippen molar-refractivity contribution in [3.05, 3.63) is 218 Å². The van der Waals surface area contributed by atoms with Crippen LogP contribution in [0.25, 0.3) is 44.5 Å². The maximum absolute atomic E-state index is 3.85. The molecule has 0 aliphatic rings. The van der Waals surface area contributed by atoms with Gasteiger partial charge in [0.05, 0.1) is 0 Å². The van der Waals surface area contributed by atoms with E-state index >= 15 is 0 Å². The predicted molar refractivity (Wildman–Crippen MR) is 246 cm³/mol. The van der Waals surface area contributed by atoms with Crippen LogP contribution in [0, 0.1) is 0 Å². The van der Waals surface area contributed by atoms with Crippen molar-refractivity contribution in [3.63, 3.8) is 0 Å². The number of rotatable bonds is 8. The van der Waals surface area contributed by atoms with Gasteiger partial charge in [0.2, 0.25) is 0 Å². The van der Waals surface area contributed by atoms with E-state index < -0.39 is 6.29 Å². The van der Waals surface area contributed by atoms with Crippen molar-refractivity contribution in [2.75, 3.05) is 0 Å². The molecule has 8 rings (SSSR count). The molecule has 265 valence electrons. The summed E-state index contributed by atoms with van der Waals surface area (Å²) in [5.74, 6) is 0. The summed E-state index contributed by atoms with van der Waals surface area (Å²) in [6.07, 6.45) is -3.85. The van der Waals surface area contributed by atoms with Crippen LogP contribution in [0.4, 0.5) is 0 Å². The third-order valence-corrected chi connectivity index (χ3v) is 18.9. The van der Waals surface area contributed by atoms with Gasteiger partial charge >= 0.3 is 299 Å². The average Bonchev–Trinajstić information content (AvgIpc) is 3.24. The first-order chi connectivity index (χ1) is 26.4. The maximum atomic E-state index is 3.70. The van der Waals surface area contributed by atoms with Gasteiger partial charge in [0.15, 0.2) is 0 Å². The van der Waals surface area contributed by atoms with E-state index in [1.165, 1.54) is 65.7 Å². The Hall–Kier alpha value is -5.16. The van der Waals surface area contributed by atoms with Gasteiger partial charge in [-0.05, 0) is 0 Å². The third kappa shape index (κ3) is 6.97. The van der Waals surface area contributed by atoms with E-state index in [4.69, 9.17) is 0 Å². The van der Waals surface area contributed by atoms with Crippen LogP contribution in [-0.2, 0) is 0 Å². The first kappa shape index (κ1) is 37.2. The van der Waals surface area contributed by atoms with E-state index in [0.717, 1.165) is 0 Å². The average molecular weight is 750 g/mol. The molecule has 0 heterocycles. The van der Waals surface area contributed by atoms with Gasteiger partial charge in [-0.1, -0.05) is 19.6 Å². The molecule has 0 saturated heterocycles. The molecule has 0 aliphatic carbocycles. The molecule has 0 N–H and O–H groups in total. The molecule has 8 aromatic rings. The van der Waals surface area contributed by atoms with Crippen molar-refractivity contribution >= 4 is 45.2 Å².